The minimum atomic E-state index is -0.625. The van der Waals surface area contributed by atoms with E-state index < -0.39 is 5.82 Å². The van der Waals surface area contributed by atoms with Crippen LogP contribution in [0.25, 0.3) is 0 Å². The molecule has 0 atom stereocenters. The topological polar surface area (TPSA) is 45.2 Å². The first kappa shape index (κ1) is 12.6. The Morgan fingerprint density at radius 2 is 2.22 bits per heavy atom. The van der Waals surface area contributed by atoms with Crippen molar-refractivity contribution in [3.63, 3.8) is 0 Å². The largest absolute Gasteiger partial charge is 0.505 e. The lowest BCUT2D eigenvalue weighted by Gasteiger charge is -2.10. The third-order valence-electron chi connectivity index (χ3n) is 2.62. The first-order valence-corrected chi connectivity index (χ1v) is 5.78. The van der Waals surface area contributed by atoms with Gasteiger partial charge in [-0.2, -0.15) is 0 Å². The standard InChI is InChI=1S/C13H12ClFN2O/c1-8-5-12(14)17-7-11(8)16-6-9-3-2-4-10(15)13(9)18/h2-5,7,16,18H,6H2,1H3. The second-order valence-corrected chi connectivity index (χ2v) is 4.31. The number of aryl methyl sites for hydroxylation is 1. The van der Waals surface area contributed by atoms with Gasteiger partial charge >= 0.3 is 0 Å². The molecular weight excluding hydrogens is 255 g/mol. The number of nitrogens with zero attached hydrogens (tertiary/aromatic N) is 1. The Morgan fingerprint density at radius 3 is 2.94 bits per heavy atom. The number of aromatic hydroxyl groups is 1. The van der Waals surface area contributed by atoms with E-state index in [0.29, 0.717) is 17.3 Å². The lowest BCUT2D eigenvalue weighted by atomic mass is 10.2. The highest BCUT2D eigenvalue weighted by atomic mass is 35.5. The Balaban J connectivity index is 2.14. The summed E-state index contributed by atoms with van der Waals surface area (Å²) in [5, 5.41) is 13.0. The van der Waals surface area contributed by atoms with Crippen LogP contribution in [0.15, 0.2) is 30.5 Å². The maximum Gasteiger partial charge on any atom is 0.165 e. The van der Waals surface area contributed by atoms with Crippen LogP contribution < -0.4 is 5.32 Å². The number of halogens is 2. The van der Waals surface area contributed by atoms with Gasteiger partial charge < -0.3 is 10.4 Å². The number of phenols is 1. The molecule has 0 saturated carbocycles. The fourth-order valence-corrected chi connectivity index (χ4v) is 1.81. The minimum absolute atomic E-state index is 0.313. The summed E-state index contributed by atoms with van der Waals surface area (Å²) in [6, 6.07) is 6.16. The van der Waals surface area contributed by atoms with E-state index in [9.17, 15) is 9.50 Å². The lowest BCUT2D eigenvalue weighted by molar-refractivity contribution is 0.427. The summed E-state index contributed by atoms with van der Waals surface area (Å²) in [7, 11) is 0. The average molecular weight is 267 g/mol. The molecule has 0 aliphatic rings. The number of para-hydroxylation sites is 1. The van der Waals surface area contributed by atoms with Crippen LogP contribution in [-0.2, 0) is 6.54 Å². The van der Waals surface area contributed by atoms with Gasteiger partial charge in [-0.05, 0) is 24.6 Å². The van der Waals surface area contributed by atoms with E-state index in [4.69, 9.17) is 11.6 Å². The van der Waals surface area contributed by atoms with Gasteiger partial charge in [-0.15, -0.1) is 0 Å². The van der Waals surface area contributed by atoms with Crippen LogP contribution in [0.1, 0.15) is 11.1 Å². The molecule has 0 unspecified atom stereocenters. The maximum atomic E-state index is 13.1. The number of anilines is 1. The van der Waals surface area contributed by atoms with Crippen molar-refractivity contribution >= 4 is 17.3 Å². The summed E-state index contributed by atoms with van der Waals surface area (Å²) >= 11 is 5.75. The molecule has 0 fully saturated rings. The third kappa shape index (κ3) is 2.71. The third-order valence-corrected chi connectivity index (χ3v) is 2.82. The number of hydrogen-bond acceptors (Lipinski definition) is 3. The minimum Gasteiger partial charge on any atom is -0.505 e. The average Bonchev–Trinajstić information content (AvgIpc) is 2.33. The van der Waals surface area contributed by atoms with Crippen molar-refractivity contribution in [1.82, 2.24) is 4.98 Å². The number of nitrogens with one attached hydrogen (secondary N) is 1. The second kappa shape index (κ2) is 5.23. The van der Waals surface area contributed by atoms with Gasteiger partial charge in [0.2, 0.25) is 0 Å². The van der Waals surface area contributed by atoms with Crippen LogP contribution in [0.5, 0.6) is 5.75 Å². The molecule has 2 N–H and O–H groups in total. The molecule has 1 heterocycles. The SMILES string of the molecule is Cc1cc(Cl)ncc1NCc1cccc(F)c1O. The van der Waals surface area contributed by atoms with Crippen molar-refractivity contribution in [3.8, 4) is 5.75 Å². The highest BCUT2D eigenvalue weighted by Crippen LogP contribution is 2.23. The molecule has 0 bridgehead atoms. The van der Waals surface area contributed by atoms with E-state index in [1.54, 1.807) is 24.4 Å². The molecule has 5 heteroatoms. The predicted octanol–water partition coefficient (Wildman–Crippen LogP) is 3.50. The Labute approximate surface area is 109 Å². The zero-order chi connectivity index (χ0) is 13.1. The van der Waals surface area contributed by atoms with Gasteiger partial charge in [0, 0.05) is 12.1 Å². The molecule has 94 valence electrons. The van der Waals surface area contributed by atoms with Gasteiger partial charge in [-0.25, -0.2) is 9.37 Å². The number of hydrogen-bond donors (Lipinski definition) is 2. The predicted molar refractivity (Wildman–Crippen MR) is 69.4 cm³/mol. The smallest absolute Gasteiger partial charge is 0.165 e. The fraction of sp³-hybridized carbons (Fsp3) is 0.154. The van der Waals surface area contributed by atoms with Crippen LogP contribution in [0, 0.1) is 12.7 Å². The normalized spacial score (nSPS) is 10.4. The van der Waals surface area contributed by atoms with Crippen molar-refractivity contribution in [1.29, 1.82) is 0 Å². The van der Waals surface area contributed by atoms with Crippen LogP contribution in [0.4, 0.5) is 10.1 Å². The summed E-state index contributed by atoms with van der Waals surface area (Å²) in [6.45, 7) is 2.20. The summed E-state index contributed by atoms with van der Waals surface area (Å²) in [6.07, 6.45) is 1.61. The zero-order valence-electron chi connectivity index (χ0n) is 9.74. The number of aromatic nitrogens is 1. The van der Waals surface area contributed by atoms with Gasteiger partial charge in [0.1, 0.15) is 5.15 Å². The van der Waals surface area contributed by atoms with Gasteiger partial charge in [-0.3, -0.25) is 0 Å². The lowest BCUT2D eigenvalue weighted by Crippen LogP contribution is -2.02. The van der Waals surface area contributed by atoms with Crippen LogP contribution in [0.3, 0.4) is 0 Å². The van der Waals surface area contributed by atoms with Crippen molar-refractivity contribution in [2.75, 3.05) is 5.32 Å². The number of pyridine rings is 1. The van der Waals surface area contributed by atoms with E-state index in [2.05, 4.69) is 10.3 Å². The van der Waals surface area contributed by atoms with Crippen molar-refractivity contribution in [2.45, 2.75) is 13.5 Å². The molecule has 0 aliphatic heterocycles. The van der Waals surface area contributed by atoms with Crippen LogP contribution >= 0.6 is 11.6 Å². The number of rotatable bonds is 3. The molecule has 2 rings (SSSR count). The molecule has 2 aromatic rings. The zero-order valence-corrected chi connectivity index (χ0v) is 10.5. The fourth-order valence-electron chi connectivity index (χ4n) is 1.60. The Hall–Kier alpha value is -1.81. The molecule has 1 aromatic carbocycles. The van der Waals surface area contributed by atoms with E-state index in [0.717, 1.165) is 11.3 Å². The van der Waals surface area contributed by atoms with Gasteiger partial charge in [0.05, 0.1) is 11.9 Å². The quantitative estimate of drug-likeness (QED) is 0.836. The molecule has 0 amide bonds. The molecular formula is C13H12ClFN2O. The summed E-state index contributed by atoms with van der Waals surface area (Å²) in [5.41, 5.74) is 2.22. The Bertz CT molecular complexity index is 575. The van der Waals surface area contributed by atoms with Crippen LogP contribution in [-0.4, -0.2) is 10.1 Å². The molecule has 18 heavy (non-hydrogen) atoms. The van der Waals surface area contributed by atoms with E-state index in [-0.39, 0.29) is 5.75 Å². The summed E-state index contributed by atoms with van der Waals surface area (Å²) in [5.74, 6) is -0.954. The van der Waals surface area contributed by atoms with Gasteiger partial charge in [0.15, 0.2) is 11.6 Å². The van der Waals surface area contributed by atoms with Gasteiger partial charge in [0.25, 0.3) is 0 Å². The molecule has 0 saturated heterocycles. The summed E-state index contributed by atoms with van der Waals surface area (Å²) in [4.78, 5) is 3.96. The summed E-state index contributed by atoms with van der Waals surface area (Å²) < 4.78 is 13.1. The van der Waals surface area contributed by atoms with E-state index >= 15 is 0 Å². The molecule has 1 aromatic heterocycles. The Morgan fingerprint density at radius 1 is 1.44 bits per heavy atom. The Kier molecular flexibility index (Phi) is 3.67. The second-order valence-electron chi connectivity index (χ2n) is 3.92. The van der Waals surface area contributed by atoms with E-state index in [1.165, 1.54) is 6.07 Å². The monoisotopic (exact) mass is 266 g/mol. The maximum absolute atomic E-state index is 13.1. The van der Waals surface area contributed by atoms with Gasteiger partial charge in [-0.1, -0.05) is 23.7 Å². The van der Waals surface area contributed by atoms with Crippen LogP contribution in [0.2, 0.25) is 5.15 Å². The first-order chi connectivity index (χ1) is 8.58. The molecule has 0 radical (unpaired) electrons. The molecule has 3 nitrogen and oxygen atoms in total. The van der Waals surface area contributed by atoms with E-state index in [1.807, 2.05) is 6.92 Å². The number of benzene rings is 1. The highest BCUT2D eigenvalue weighted by Gasteiger charge is 2.07. The molecule has 0 aliphatic carbocycles. The van der Waals surface area contributed by atoms with Crippen molar-refractivity contribution in [2.24, 2.45) is 0 Å². The highest BCUT2D eigenvalue weighted by molar-refractivity contribution is 6.29. The first-order valence-electron chi connectivity index (χ1n) is 5.40. The number of phenolic OH excluding ortho intramolecular Hbond substituents is 1. The van der Waals surface area contributed by atoms with Crippen molar-refractivity contribution < 1.29 is 9.50 Å². The van der Waals surface area contributed by atoms with Crippen molar-refractivity contribution in [3.05, 3.63) is 52.6 Å². The molecule has 0 spiro atoms.